The van der Waals surface area contributed by atoms with E-state index in [1.807, 2.05) is 54.6 Å². The Morgan fingerprint density at radius 3 is 2.46 bits per heavy atom. The van der Waals surface area contributed by atoms with E-state index in [2.05, 4.69) is 15.3 Å². The van der Waals surface area contributed by atoms with Gasteiger partial charge >= 0.3 is 5.97 Å². The number of carbonyl (C=O) groups is 1. The smallest absolute Gasteiger partial charge is 0.356 e. The number of pyridine rings is 1. The number of para-hydroxylation sites is 1. The normalized spacial score (nSPS) is 10.5. The molecule has 138 valence electrons. The van der Waals surface area contributed by atoms with Crippen molar-refractivity contribution in [3.63, 3.8) is 0 Å². The summed E-state index contributed by atoms with van der Waals surface area (Å²) in [6.07, 6.45) is 3.31. The summed E-state index contributed by atoms with van der Waals surface area (Å²) >= 11 is 0. The van der Waals surface area contributed by atoms with Crippen LogP contribution in [-0.4, -0.2) is 33.1 Å². The molecule has 0 radical (unpaired) electrons. The second-order valence-corrected chi connectivity index (χ2v) is 5.88. The summed E-state index contributed by atoms with van der Waals surface area (Å²) in [6.45, 7) is 0. The lowest BCUT2D eigenvalue weighted by molar-refractivity contribution is 0.0594. The number of methoxy groups -OCH3 is 1. The van der Waals surface area contributed by atoms with Crippen molar-refractivity contribution in [1.82, 2.24) is 20.0 Å². The lowest BCUT2D eigenvalue weighted by Crippen LogP contribution is -2.05. The first-order valence-corrected chi connectivity index (χ1v) is 8.53. The highest BCUT2D eigenvalue weighted by atomic mass is 16.5. The van der Waals surface area contributed by atoms with Crippen LogP contribution in [0.5, 0.6) is 11.5 Å². The van der Waals surface area contributed by atoms with E-state index in [1.54, 1.807) is 23.0 Å². The van der Waals surface area contributed by atoms with Crippen LogP contribution in [0, 0.1) is 0 Å². The summed E-state index contributed by atoms with van der Waals surface area (Å²) in [5.41, 5.74) is 2.47. The first-order chi connectivity index (χ1) is 13.7. The second kappa shape index (κ2) is 7.71. The standard InChI is InChI=1S/C21H16N4O3/c1-27-21(26)19-13-16(11-12-22-19)25-14-20(23-24-25)15-7-9-18(10-8-15)28-17-5-3-2-4-6-17/h2-14H,1H3. The van der Waals surface area contributed by atoms with Gasteiger partial charge < -0.3 is 9.47 Å². The van der Waals surface area contributed by atoms with Gasteiger partial charge in [-0.05, 0) is 48.5 Å². The first kappa shape index (κ1) is 17.4. The van der Waals surface area contributed by atoms with E-state index >= 15 is 0 Å². The number of rotatable bonds is 5. The van der Waals surface area contributed by atoms with Gasteiger partial charge in [0, 0.05) is 11.8 Å². The van der Waals surface area contributed by atoms with Gasteiger partial charge in [-0.25, -0.2) is 14.5 Å². The zero-order valence-corrected chi connectivity index (χ0v) is 15.0. The van der Waals surface area contributed by atoms with Crippen molar-refractivity contribution in [2.75, 3.05) is 7.11 Å². The molecule has 7 heteroatoms. The molecule has 0 N–H and O–H groups in total. The molecule has 4 aromatic rings. The van der Waals surface area contributed by atoms with Gasteiger partial charge in [0.1, 0.15) is 22.9 Å². The summed E-state index contributed by atoms with van der Waals surface area (Å²) in [5.74, 6) is 1.01. The van der Waals surface area contributed by atoms with E-state index in [0.717, 1.165) is 17.1 Å². The number of ether oxygens (including phenoxy) is 2. The highest BCUT2D eigenvalue weighted by molar-refractivity contribution is 5.87. The van der Waals surface area contributed by atoms with Crippen LogP contribution in [0.25, 0.3) is 16.9 Å². The van der Waals surface area contributed by atoms with Crippen molar-refractivity contribution >= 4 is 5.97 Å². The van der Waals surface area contributed by atoms with Crippen LogP contribution in [0.15, 0.2) is 79.1 Å². The average molecular weight is 372 g/mol. The minimum atomic E-state index is -0.504. The third-order valence-electron chi connectivity index (χ3n) is 4.02. The number of hydrogen-bond acceptors (Lipinski definition) is 6. The highest BCUT2D eigenvalue weighted by Crippen LogP contribution is 2.25. The summed E-state index contributed by atoms with van der Waals surface area (Å²) in [5, 5.41) is 8.34. The Morgan fingerprint density at radius 2 is 1.71 bits per heavy atom. The maximum Gasteiger partial charge on any atom is 0.356 e. The van der Waals surface area contributed by atoms with Crippen molar-refractivity contribution < 1.29 is 14.3 Å². The molecule has 2 heterocycles. The highest BCUT2D eigenvalue weighted by Gasteiger charge is 2.10. The Balaban J connectivity index is 1.54. The average Bonchev–Trinajstić information content (AvgIpc) is 3.25. The van der Waals surface area contributed by atoms with E-state index in [4.69, 9.17) is 9.47 Å². The summed E-state index contributed by atoms with van der Waals surface area (Å²) in [7, 11) is 1.31. The molecule has 28 heavy (non-hydrogen) atoms. The number of benzene rings is 2. The number of esters is 1. The van der Waals surface area contributed by atoms with Crippen LogP contribution in [-0.2, 0) is 4.74 Å². The number of carbonyl (C=O) groups excluding carboxylic acids is 1. The largest absolute Gasteiger partial charge is 0.464 e. The number of nitrogens with zero attached hydrogens (tertiary/aromatic N) is 4. The van der Waals surface area contributed by atoms with Gasteiger partial charge in [-0.15, -0.1) is 5.10 Å². The van der Waals surface area contributed by atoms with E-state index < -0.39 is 5.97 Å². The molecule has 0 fully saturated rings. The van der Waals surface area contributed by atoms with Gasteiger partial charge in [0.15, 0.2) is 0 Å². The topological polar surface area (TPSA) is 79.1 Å². The molecule has 7 nitrogen and oxygen atoms in total. The molecule has 0 atom stereocenters. The predicted octanol–water partition coefficient (Wildman–Crippen LogP) is 3.91. The van der Waals surface area contributed by atoms with Gasteiger partial charge in [0.2, 0.25) is 0 Å². The Kier molecular flexibility index (Phi) is 4.79. The number of hydrogen-bond donors (Lipinski definition) is 0. The molecule has 2 aromatic heterocycles. The van der Waals surface area contributed by atoms with Gasteiger partial charge in [0.25, 0.3) is 0 Å². The predicted molar refractivity (Wildman–Crippen MR) is 102 cm³/mol. The SMILES string of the molecule is COC(=O)c1cc(-n2cc(-c3ccc(Oc4ccccc4)cc3)nn2)ccn1. The van der Waals surface area contributed by atoms with Crippen LogP contribution < -0.4 is 4.74 Å². The number of aromatic nitrogens is 4. The minimum Gasteiger partial charge on any atom is -0.464 e. The molecular weight excluding hydrogens is 356 g/mol. The lowest BCUT2D eigenvalue weighted by atomic mass is 10.1. The van der Waals surface area contributed by atoms with Crippen LogP contribution in [0.2, 0.25) is 0 Å². The molecule has 0 unspecified atom stereocenters. The molecule has 0 amide bonds. The molecule has 0 saturated heterocycles. The second-order valence-electron chi connectivity index (χ2n) is 5.88. The van der Waals surface area contributed by atoms with Crippen molar-refractivity contribution in [2.45, 2.75) is 0 Å². The van der Waals surface area contributed by atoms with E-state index in [1.165, 1.54) is 13.3 Å². The fraction of sp³-hybridized carbons (Fsp3) is 0.0476. The first-order valence-electron chi connectivity index (χ1n) is 8.53. The molecule has 0 spiro atoms. The van der Waals surface area contributed by atoms with E-state index in [9.17, 15) is 4.79 Å². The van der Waals surface area contributed by atoms with Crippen molar-refractivity contribution in [3.05, 3.63) is 84.8 Å². The van der Waals surface area contributed by atoms with Gasteiger partial charge in [-0.2, -0.15) is 0 Å². The summed E-state index contributed by atoms with van der Waals surface area (Å²) < 4.78 is 12.1. The third kappa shape index (κ3) is 3.73. The van der Waals surface area contributed by atoms with Crippen LogP contribution in [0.4, 0.5) is 0 Å². The third-order valence-corrected chi connectivity index (χ3v) is 4.02. The zero-order valence-electron chi connectivity index (χ0n) is 15.0. The Labute approximate surface area is 161 Å². The Morgan fingerprint density at radius 1 is 0.964 bits per heavy atom. The molecule has 2 aromatic carbocycles. The van der Waals surface area contributed by atoms with Gasteiger partial charge in [-0.1, -0.05) is 23.4 Å². The Hall–Kier alpha value is -4.00. The molecule has 0 aliphatic heterocycles. The van der Waals surface area contributed by atoms with Crippen LogP contribution in [0.3, 0.4) is 0 Å². The molecule has 0 saturated carbocycles. The van der Waals surface area contributed by atoms with E-state index in [-0.39, 0.29) is 5.69 Å². The van der Waals surface area contributed by atoms with Crippen LogP contribution in [0.1, 0.15) is 10.5 Å². The molecule has 4 rings (SSSR count). The van der Waals surface area contributed by atoms with Crippen molar-refractivity contribution in [2.24, 2.45) is 0 Å². The quantitative estimate of drug-likeness (QED) is 0.494. The zero-order chi connectivity index (χ0) is 19.3. The van der Waals surface area contributed by atoms with Crippen LogP contribution >= 0.6 is 0 Å². The minimum absolute atomic E-state index is 0.208. The van der Waals surface area contributed by atoms with Gasteiger partial charge in [-0.3, -0.25) is 0 Å². The summed E-state index contributed by atoms with van der Waals surface area (Å²) in [6, 6.07) is 20.5. The fourth-order valence-electron chi connectivity index (χ4n) is 2.62. The van der Waals surface area contributed by atoms with Gasteiger partial charge in [0.05, 0.1) is 19.0 Å². The molecule has 0 aliphatic rings. The molecule has 0 bridgehead atoms. The lowest BCUT2D eigenvalue weighted by Gasteiger charge is -2.05. The fourth-order valence-corrected chi connectivity index (χ4v) is 2.62. The maximum absolute atomic E-state index is 11.6. The molecule has 0 aliphatic carbocycles. The van der Waals surface area contributed by atoms with E-state index in [0.29, 0.717) is 11.4 Å². The Bertz CT molecular complexity index is 1090. The van der Waals surface area contributed by atoms with Crippen molar-refractivity contribution in [1.29, 1.82) is 0 Å². The monoisotopic (exact) mass is 372 g/mol. The maximum atomic E-state index is 11.6. The molecular formula is C21H16N4O3. The van der Waals surface area contributed by atoms with Crippen molar-refractivity contribution in [3.8, 4) is 28.4 Å². The summed E-state index contributed by atoms with van der Waals surface area (Å²) in [4.78, 5) is 15.6.